The number of rotatable bonds is 6. The third-order valence-electron chi connectivity index (χ3n) is 3.46. The van der Waals surface area contributed by atoms with Crippen LogP contribution in [0.25, 0.3) is 0 Å². The predicted octanol–water partition coefficient (Wildman–Crippen LogP) is 2.76. The molecular weight excluding hydrogens is 234 g/mol. The number of benzene rings is 1. The largest absolute Gasteiger partial charge is 0.319 e. The highest BCUT2D eigenvalue weighted by Gasteiger charge is 2.13. The number of aromatic nitrogens is 2. The van der Waals surface area contributed by atoms with Crippen LogP contribution in [0.1, 0.15) is 29.5 Å². The lowest BCUT2D eigenvalue weighted by Crippen LogP contribution is -2.19. The zero-order chi connectivity index (χ0) is 13.7. The summed E-state index contributed by atoms with van der Waals surface area (Å²) in [4.78, 5) is 0. The first-order valence-corrected chi connectivity index (χ1v) is 6.95. The molecular formula is C16H23N3. The molecule has 1 N–H and O–H groups in total. The third-order valence-corrected chi connectivity index (χ3v) is 3.46. The molecule has 1 atom stereocenters. The summed E-state index contributed by atoms with van der Waals surface area (Å²) < 4.78 is 1.99. The van der Waals surface area contributed by atoms with Crippen molar-refractivity contribution in [3.8, 4) is 0 Å². The van der Waals surface area contributed by atoms with Crippen LogP contribution in [0.3, 0.4) is 0 Å². The van der Waals surface area contributed by atoms with Gasteiger partial charge < -0.3 is 5.32 Å². The molecule has 2 aromatic rings. The van der Waals surface area contributed by atoms with E-state index in [1.54, 1.807) is 0 Å². The Kier molecular flexibility index (Phi) is 4.74. The number of likely N-dealkylation sites (N-methyl/N-ethyl adjacent to an activating group) is 1. The van der Waals surface area contributed by atoms with Crippen LogP contribution in [0.2, 0.25) is 0 Å². The normalized spacial score (nSPS) is 12.6. The van der Waals surface area contributed by atoms with Crippen molar-refractivity contribution >= 4 is 0 Å². The quantitative estimate of drug-likeness (QED) is 0.862. The van der Waals surface area contributed by atoms with E-state index in [4.69, 9.17) is 0 Å². The second-order valence-electron chi connectivity index (χ2n) is 5.08. The molecule has 0 aliphatic carbocycles. The van der Waals surface area contributed by atoms with E-state index in [9.17, 15) is 0 Å². The van der Waals surface area contributed by atoms with Gasteiger partial charge in [0.15, 0.2) is 0 Å². The van der Waals surface area contributed by atoms with Gasteiger partial charge in [-0.25, -0.2) is 0 Å². The fourth-order valence-electron chi connectivity index (χ4n) is 2.45. The van der Waals surface area contributed by atoms with Gasteiger partial charge in [-0.15, -0.1) is 0 Å². The molecule has 0 saturated carbocycles. The monoisotopic (exact) mass is 257 g/mol. The molecule has 0 amide bonds. The lowest BCUT2D eigenvalue weighted by molar-refractivity contribution is 0.623. The van der Waals surface area contributed by atoms with Crippen LogP contribution in [0.4, 0.5) is 0 Å². The predicted molar refractivity (Wildman–Crippen MR) is 79.5 cm³/mol. The fourth-order valence-corrected chi connectivity index (χ4v) is 2.45. The average molecular weight is 257 g/mol. The highest BCUT2D eigenvalue weighted by Crippen LogP contribution is 2.21. The second-order valence-corrected chi connectivity index (χ2v) is 5.08. The van der Waals surface area contributed by atoms with Gasteiger partial charge in [-0.3, -0.25) is 4.68 Å². The topological polar surface area (TPSA) is 29.9 Å². The molecule has 0 aliphatic rings. The lowest BCUT2D eigenvalue weighted by atomic mass is 9.92. The van der Waals surface area contributed by atoms with Crippen LogP contribution < -0.4 is 5.32 Å². The van der Waals surface area contributed by atoms with Gasteiger partial charge in [0.2, 0.25) is 0 Å². The molecule has 2 rings (SSSR count). The molecule has 3 heteroatoms. The van der Waals surface area contributed by atoms with E-state index in [0.717, 1.165) is 19.5 Å². The second kappa shape index (κ2) is 6.53. The summed E-state index contributed by atoms with van der Waals surface area (Å²) in [5, 5.41) is 7.65. The van der Waals surface area contributed by atoms with E-state index in [1.165, 1.54) is 16.7 Å². The van der Waals surface area contributed by atoms with Gasteiger partial charge >= 0.3 is 0 Å². The Balaban J connectivity index is 2.15. The Morgan fingerprint density at radius 1 is 1.37 bits per heavy atom. The van der Waals surface area contributed by atoms with Gasteiger partial charge in [-0.05, 0) is 38.4 Å². The van der Waals surface area contributed by atoms with Crippen molar-refractivity contribution in [3.05, 3.63) is 53.3 Å². The first-order valence-electron chi connectivity index (χ1n) is 6.95. The van der Waals surface area contributed by atoms with E-state index in [1.807, 2.05) is 17.9 Å². The van der Waals surface area contributed by atoms with Crippen molar-refractivity contribution in [1.82, 2.24) is 15.1 Å². The molecule has 3 nitrogen and oxygen atoms in total. The summed E-state index contributed by atoms with van der Waals surface area (Å²) in [5.74, 6) is 0.499. The van der Waals surface area contributed by atoms with E-state index in [2.05, 4.69) is 54.7 Å². The van der Waals surface area contributed by atoms with Crippen molar-refractivity contribution in [3.63, 3.8) is 0 Å². The minimum Gasteiger partial charge on any atom is -0.319 e. The summed E-state index contributed by atoms with van der Waals surface area (Å²) in [7, 11) is 2.01. The van der Waals surface area contributed by atoms with Crippen molar-refractivity contribution in [2.24, 2.45) is 0 Å². The summed E-state index contributed by atoms with van der Waals surface area (Å²) >= 11 is 0. The zero-order valence-electron chi connectivity index (χ0n) is 12.1. The SMILES string of the molecule is CCn1cc(CC(CNC)c2cccc(C)c2)cn1. The molecule has 1 unspecified atom stereocenters. The summed E-state index contributed by atoms with van der Waals surface area (Å²) in [6.07, 6.45) is 5.17. The van der Waals surface area contributed by atoms with Gasteiger partial charge in [0.25, 0.3) is 0 Å². The number of nitrogens with zero attached hydrogens (tertiary/aromatic N) is 2. The Labute approximate surface area is 115 Å². The minimum atomic E-state index is 0.499. The average Bonchev–Trinajstić information content (AvgIpc) is 2.86. The molecule has 102 valence electrons. The molecule has 0 radical (unpaired) electrons. The molecule has 19 heavy (non-hydrogen) atoms. The zero-order valence-corrected chi connectivity index (χ0v) is 12.1. The highest BCUT2D eigenvalue weighted by molar-refractivity contribution is 5.27. The number of aryl methyl sites for hydroxylation is 2. The summed E-state index contributed by atoms with van der Waals surface area (Å²) in [5.41, 5.74) is 4.03. The van der Waals surface area contributed by atoms with Gasteiger partial charge in [-0.1, -0.05) is 29.8 Å². The molecule has 0 saturated heterocycles. The Morgan fingerprint density at radius 2 is 2.21 bits per heavy atom. The lowest BCUT2D eigenvalue weighted by Gasteiger charge is -2.16. The first-order chi connectivity index (χ1) is 9.22. The first kappa shape index (κ1) is 13.8. The minimum absolute atomic E-state index is 0.499. The smallest absolute Gasteiger partial charge is 0.0521 e. The van der Waals surface area contributed by atoms with E-state index in [0.29, 0.717) is 5.92 Å². The van der Waals surface area contributed by atoms with Gasteiger partial charge in [0.1, 0.15) is 0 Å². The fraction of sp³-hybridized carbons (Fsp3) is 0.438. The molecule has 0 spiro atoms. The standard InChI is InChI=1S/C16H23N3/c1-4-19-12-14(10-18-19)9-16(11-17-3)15-7-5-6-13(2)8-15/h5-8,10,12,16-17H,4,9,11H2,1-3H3. The Morgan fingerprint density at radius 3 is 2.84 bits per heavy atom. The summed E-state index contributed by atoms with van der Waals surface area (Å²) in [6, 6.07) is 8.79. The van der Waals surface area contributed by atoms with Crippen molar-refractivity contribution in [1.29, 1.82) is 0 Å². The van der Waals surface area contributed by atoms with E-state index >= 15 is 0 Å². The number of nitrogens with one attached hydrogen (secondary N) is 1. The van der Waals surface area contributed by atoms with Crippen molar-refractivity contribution < 1.29 is 0 Å². The van der Waals surface area contributed by atoms with Crippen molar-refractivity contribution in [2.45, 2.75) is 32.7 Å². The molecule has 0 fully saturated rings. The van der Waals surface area contributed by atoms with E-state index in [-0.39, 0.29) is 0 Å². The van der Waals surface area contributed by atoms with Gasteiger partial charge in [0, 0.05) is 25.2 Å². The van der Waals surface area contributed by atoms with Crippen LogP contribution in [-0.2, 0) is 13.0 Å². The third kappa shape index (κ3) is 3.67. The van der Waals surface area contributed by atoms with E-state index < -0.39 is 0 Å². The molecule has 0 aliphatic heterocycles. The maximum Gasteiger partial charge on any atom is 0.0521 e. The maximum atomic E-state index is 4.36. The molecule has 1 heterocycles. The van der Waals surface area contributed by atoms with Crippen LogP contribution >= 0.6 is 0 Å². The number of hydrogen-bond acceptors (Lipinski definition) is 2. The van der Waals surface area contributed by atoms with Crippen LogP contribution in [0, 0.1) is 6.92 Å². The number of hydrogen-bond donors (Lipinski definition) is 1. The Hall–Kier alpha value is -1.61. The molecule has 0 bridgehead atoms. The maximum absolute atomic E-state index is 4.36. The molecule has 1 aromatic carbocycles. The van der Waals surface area contributed by atoms with Crippen LogP contribution in [0.5, 0.6) is 0 Å². The molecule has 1 aromatic heterocycles. The van der Waals surface area contributed by atoms with Gasteiger partial charge in [0.05, 0.1) is 6.20 Å². The summed E-state index contributed by atoms with van der Waals surface area (Å²) in [6.45, 7) is 6.18. The van der Waals surface area contributed by atoms with Crippen molar-refractivity contribution in [2.75, 3.05) is 13.6 Å². The van der Waals surface area contributed by atoms with Crippen LogP contribution in [-0.4, -0.2) is 23.4 Å². The Bertz CT molecular complexity index is 516. The highest BCUT2D eigenvalue weighted by atomic mass is 15.3. The van der Waals surface area contributed by atoms with Crippen LogP contribution in [0.15, 0.2) is 36.7 Å². The van der Waals surface area contributed by atoms with Gasteiger partial charge in [-0.2, -0.15) is 5.10 Å².